The van der Waals surface area contributed by atoms with Gasteiger partial charge in [-0.3, -0.25) is 0 Å². The van der Waals surface area contributed by atoms with E-state index in [-0.39, 0.29) is 29.6 Å². The molecule has 0 aromatic heterocycles. The van der Waals surface area contributed by atoms with E-state index in [4.69, 9.17) is 5.21 Å². The van der Waals surface area contributed by atoms with Gasteiger partial charge in [0.15, 0.2) is 0 Å². The number of rotatable bonds is 0. The Kier molecular flexibility index (Phi) is 4.82. The first-order valence-electron chi connectivity index (χ1n) is 4.23. The zero-order valence-corrected chi connectivity index (χ0v) is 7.59. The zero-order chi connectivity index (χ0) is 8.48. The van der Waals surface area contributed by atoms with Crippen molar-refractivity contribution in [1.29, 1.82) is 0 Å². The quantitative estimate of drug-likeness (QED) is 0.344. The molecule has 2 nitrogen and oxygen atoms in total. The molecule has 1 saturated carbocycles. The van der Waals surface area contributed by atoms with Gasteiger partial charge in [-0.25, -0.2) is 0 Å². The Bertz CT molecular complexity index is 177. The van der Waals surface area contributed by atoms with E-state index in [0.29, 0.717) is 11.3 Å². The fraction of sp³-hybridized carbons (Fsp3) is 0.889. The maximum atomic E-state index is 8.63. The Morgan fingerprint density at radius 1 is 1.50 bits per heavy atom. The first-order valence-corrected chi connectivity index (χ1v) is 4.23. The summed E-state index contributed by atoms with van der Waals surface area (Å²) in [5.41, 5.74) is 1.30. The molecule has 3 heteroatoms. The van der Waals surface area contributed by atoms with Crippen molar-refractivity contribution in [3.63, 3.8) is 0 Å². The number of nitrogens with zero attached hydrogens (tertiary/aromatic N) is 1. The van der Waals surface area contributed by atoms with Gasteiger partial charge in [0.05, 0.1) is 5.71 Å². The standard InChI is InChI=1S/C9H17NO.Na.H/c1-7-4-8(10-11)6-9(2,3)5-7;;/h7,11H,4-6H2,1-3H3;;. The predicted octanol–water partition coefficient (Wildman–Crippen LogP) is 2.01. The van der Waals surface area contributed by atoms with Gasteiger partial charge in [-0.1, -0.05) is 25.9 Å². The van der Waals surface area contributed by atoms with Crippen molar-refractivity contribution >= 4 is 35.3 Å². The summed E-state index contributed by atoms with van der Waals surface area (Å²) in [7, 11) is 0. The molecule has 12 heavy (non-hydrogen) atoms. The predicted molar refractivity (Wildman–Crippen MR) is 53.2 cm³/mol. The second-order valence-corrected chi connectivity index (χ2v) is 4.52. The molecular weight excluding hydrogens is 161 g/mol. The molecule has 0 spiro atoms. The molecule has 1 rings (SSSR count). The first-order chi connectivity index (χ1) is 5.03. The van der Waals surface area contributed by atoms with E-state index in [2.05, 4.69) is 25.9 Å². The van der Waals surface area contributed by atoms with Crippen LogP contribution in [-0.2, 0) is 0 Å². The number of hydrogen-bond acceptors (Lipinski definition) is 2. The molecular formula is C9H18NNaO. The summed E-state index contributed by atoms with van der Waals surface area (Å²) < 4.78 is 0. The summed E-state index contributed by atoms with van der Waals surface area (Å²) >= 11 is 0. The van der Waals surface area contributed by atoms with Gasteiger partial charge >= 0.3 is 29.6 Å². The molecule has 0 aromatic rings. The van der Waals surface area contributed by atoms with Gasteiger partial charge in [0.1, 0.15) is 0 Å². The summed E-state index contributed by atoms with van der Waals surface area (Å²) in [4.78, 5) is 0. The van der Waals surface area contributed by atoms with Crippen LogP contribution in [0.5, 0.6) is 0 Å². The molecule has 1 aliphatic rings. The number of hydrogen-bond donors (Lipinski definition) is 1. The molecule has 1 aliphatic carbocycles. The topological polar surface area (TPSA) is 32.6 Å². The molecule has 1 atom stereocenters. The van der Waals surface area contributed by atoms with Crippen LogP contribution in [0.1, 0.15) is 40.0 Å². The second-order valence-electron chi connectivity index (χ2n) is 4.52. The van der Waals surface area contributed by atoms with Crippen molar-refractivity contribution in [3.05, 3.63) is 0 Å². The minimum absolute atomic E-state index is 0. The van der Waals surface area contributed by atoms with Crippen molar-refractivity contribution in [2.45, 2.75) is 40.0 Å². The molecule has 1 N–H and O–H groups in total. The molecule has 0 aliphatic heterocycles. The Balaban J connectivity index is 0.00000121. The van der Waals surface area contributed by atoms with Crippen molar-refractivity contribution in [1.82, 2.24) is 0 Å². The van der Waals surface area contributed by atoms with Crippen LogP contribution in [0.25, 0.3) is 0 Å². The van der Waals surface area contributed by atoms with Gasteiger partial charge in [0.2, 0.25) is 0 Å². The van der Waals surface area contributed by atoms with Crippen molar-refractivity contribution in [3.8, 4) is 0 Å². The Labute approximate surface area is 96.7 Å². The van der Waals surface area contributed by atoms with Crippen LogP contribution in [0.3, 0.4) is 0 Å². The van der Waals surface area contributed by atoms with Gasteiger partial charge in [-0.2, -0.15) is 0 Å². The summed E-state index contributed by atoms with van der Waals surface area (Å²) in [6.45, 7) is 6.67. The van der Waals surface area contributed by atoms with Gasteiger partial charge in [0.25, 0.3) is 0 Å². The minimum atomic E-state index is 0. The van der Waals surface area contributed by atoms with E-state index >= 15 is 0 Å². The molecule has 0 saturated heterocycles. The SMILES string of the molecule is CC1CC(=NO)CC(C)(C)C1.[NaH]. The van der Waals surface area contributed by atoms with Crippen LogP contribution < -0.4 is 0 Å². The average molecular weight is 179 g/mol. The third-order valence-electron chi connectivity index (χ3n) is 2.31. The Hall–Kier alpha value is 0.470. The van der Waals surface area contributed by atoms with E-state index in [0.717, 1.165) is 18.6 Å². The van der Waals surface area contributed by atoms with Crippen LogP contribution in [0.2, 0.25) is 0 Å². The van der Waals surface area contributed by atoms with E-state index in [1.165, 1.54) is 6.42 Å². The van der Waals surface area contributed by atoms with Crippen LogP contribution in [0.15, 0.2) is 5.16 Å². The molecule has 1 fully saturated rings. The first kappa shape index (κ1) is 12.5. The van der Waals surface area contributed by atoms with Crippen molar-refractivity contribution in [2.75, 3.05) is 0 Å². The molecule has 1 unspecified atom stereocenters. The van der Waals surface area contributed by atoms with E-state index in [1.807, 2.05) is 0 Å². The fourth-order valence-electron chi connectivity index (χ4n) is 2.19. The van der Waals surface area contributed by atoms with Crippen LogP contribution in [0, 0.1) is 11.3 Å². The molecule has 0 heterocycles. The van der Waals surface area contributed by atoms with E-state index in [9.17, 15) is 0 Å². The second kappa shape index (κ2) is 4.64. The summed E-state index contributed by atoms with van der Waals surface area (Å²) in [5, 5.41) is 11.9. The van der Waals surface area contributed by atoms with Crippen molar-refractivity contribution in [2.24, 2.45) is 16.5 Å². The van der Waals surface area contributed by atoms with Gasteiger partial charge < -0.3 is 5.21 Å². The average Bonchev–Trinajstić information content (AvgIpc) is 1.83. The van der Waals surface area contributed by atoms with Gasteiger partial charge in [-0.05, 0) is 30.6 Å². The molecule has 0 bridgehead atoms. The third kappa shape index (κ3) is 3.46. The molecule has 0 radical (unpaired) electrons. The summed E-state index contributed by atoms with van der Waals surface area (Å²) in [6, 6.07) is 0. The normalized spacial score (nSPS) is 31.2. The van der Waals surface area contributed by atoms with Gasteiger partial charge in [0, 0.05) is 0 Å². The molecule has 0 aromatic carbocycles. The Morgan fingerprint density at radius 2 is 2.08 bits per heavy atom. The molecule has 66 valence electrons. The van der Waals surface area contributed by atoms with Gasteiger partial charge in [-0.15, -0.1) is 0 Å². The number of oxime groups is 1. The van der Waals surface area contributed by atoms with Crippen LogP contribution in [0.4, 0.5) is 0 Å². The Morgan fingerprint density at radius 3 is 2.50 bits per heavy atom. The summed E-state index contributed by atoms with van der Waals surface area (Å²) in [5.74, 6) is 0.671. The third-order valence-corrected chi connectivity index (χ3v) is 2.31. The maximum absolute atomic E-state index is 8.63. The van der Waals surface area contributed by atoms with Crippen molar-refractivity contribution < 1.29 is 5.21 Å². The zero-order valence-electron chi connectivity index (χ0n) is 7.59. The van der Waals surface area contributed by atoms with Crippen LogP contribution in [-0.4, -0.2) is 40.5 Å². The monoisotopic (exact) mass is 179 g/mol. The van der Waals surface area contributed by atoms with Crippen LogP contribution >= 0.6 is 0 Å². The summed E-state index contributed by atoms with van der Waals surface area (Å²) in [6.07, 6.45) is 3.17. The fourth-order valence-corrected chi connectivity index (χ4v) is 2.19. The van der Waals surface area contributed by atoms with E-state index in [1.54, 1.807) is 0 Å². The van der Waals surface area contributed by atoms with E-state index < -0.39 is 0 Å². The molecule has 0 amide bonds.